The third-order valence-electron chi connectivity index (χ3n) is 14.9. The summed E-state index contributed by atoms with van der Waals surface area (Å²) in [5, 5.41) is 31.4. The second-order valence-electron chi connectivity index (χ2n) is 16.1. The van der Waals surface area contributed by atoms with E-state index in [1.807, 2.05) is 0 Å². The highest BCUT2D eigenvalue weighted by molar-refractivity contribution is 5.55. The number of allylic oxidation sites excluding steroid dienone is 1. The van der Waals surface area contributed by atoms with E-state index in [1.165, 1.54) is 43.9 Å². The number of quaternary nitrogens is 1. The molecule has 0 radical (unpaired) electrons. The van der Waals surface area contributed by atoms with Gasteiger partial charge in [-0.3, -0.25) is 0 Å². The number of aliphatic hydroxyl groups is 1. The van der Waals surface area contributed by atoms with Gasteiger partial charge in [0.05, 0.1) is 0 Å². The first kappa shape index (κ1) is 27.6. The van der Waals surface area contributed by atoms with E-state index in [4.69, 9.17) is 0 Å². The van der Waals surface area contributed by atoms with Crippen LogP contribution in [0.25, 0.3) is 0 Å². The second kappa shape index (κ2) is 8.50. The first-order valence-electron chi connectivity index (χ1n) is 15.7. The molecular weight excluding hydrogens is 486 g/mol. The van der Waals surface area contributed by atoms with Gasteiger partial charge in [0.2, 0.25) is 0 Å². The molecule has 1 heterocycles. The maximum Gasteiger partial charge on any atom is 0.292 e. The van der Waals surface area contributed by atoms with Crippen molar-refractivity contribution in [2.75, 3.05) is 6.61 Å². The number of hydrogen-bond donors (Lipinski definition) is 1. The topological polar surface area (TPSA) is 85.1 Å². The first-order valence-corrected chi connectivity index (χ1v) is 15.7. The van der Waals surface area contributed by atoms with Crippen LogP contribution in [0.2, 0.25) is 0 Å². The summed E-state index contributed by atoms with van der Waals surface area (Å²) in [7, 11) is 0. The maximum absolute atomic E-state index is 12.5. The van der Waals surface area contributed by atoms with Gasteiger partial charge in [0.15, 0.2) is 6.20 Å². The summed E-state index contributed by atoms with van der Waals surface area (Å²) in [6, 6.07) is -0.172. The van der Waals surface area contributed by atoms with E-state index in [0.717, 1.165) is 32.1 Å². The standard InChI is InChI=1S/C33H51N3O3/c1-21(2)22-10-15-33(20-37)17-16-31(6)23(27(22)33)8-9-25-30(5)13-12-26(36(28(38)39)19-18-34-35-36)29(3,4)24(30)11-14-32(25,31)7/h18-19,22-27,37H,1,8-17,20H2,2-7H3/t22-,23+,24-,25?,26-,27+,30-,31+,32+,33+,36?/m0/s1. The fourth-order valence-electron chi connectivity index (χ4n) is 12.9. The summed E-state index contributed by atoms with van der Waals surface area (Å²) < 4.78 is -0.505. The Morgan fingerprint density at radius 1 is 0.974 bits per heavy atom. The van der Waals surface area contributed by atoms with Crippen molar-refractivity contribution < 1.29 is 19.6 Å². The molecule has 0 aromatic carbocycles. The molecule has 0 aromatic heterocycles. The predicted octanol–water partition coefficient (Wildman–Crippen LogP) is 7.02. The summed E-state index contributed by atoms with van der Waals surface area (Å²) in [6.45, 7) is 19.4. The fraction of sp³-hybridized carbons (Fsp3) is 0.848. The van der Waals surface area contributed by atoms with Crippen molar-refractivity contribution in [1.82, 2.24) is 0 Å². The molecule has 6 rings (SSSR count). The highest BCUT2D eigenvalue weighted by Gasteiger charge is 2.72. The molecule has 6 aliphatic rings. The highest BCUT2D eigenvalue weighted by Crippen LogP contribution is 2.77. The van der Waals surface area contributed by atoms with Gasteiger partial charge in [-0.05, 0) is 116 Å². The Labute approximate surface area is 235 Å². The molecule has 1 aliphatic heterocycles. The third-order valence-corrected chi connectivity index (χ3v) is 14.9. The average molecular weight is 538 g/mol. The lowest BCUT2D eigenvalue weighted by atomic mass is 9.32. The molecule has 5 aliphatic carbocycles. The monoisotopic (exact) mass is 537 g/mol. The Hall–Kier alpha value is -1.53. The van der Waals surface area contributed by atoms with Crippen molar-refractivity contribution in [2.24, 2.45) is 67.0 Å². The molecule has 11 atom stereocenters. The number of carbonyl (C=O) groups excluding carboxylic acids is 1. The van der Waals surface area contributed by atoms with Crippen LogP contribution in [0.5, 0.6) is 0 Å². The van der Waals surface area contributed by atoms with Gasteiger partial charge in [0, 0.05) is 23.7 Å². The quantitative estimate of drug-likeness (QED) is 0.310. The van der Waals surface area contributed by atoms with E-state index in [0.29, 0.717) is 36.2 Å². The minimum atomic E-state index is -1.17. The van der Waals surface area contributed by atoms with Gasteiger partial charge in [-0.1, -0.05) is 46.8 Å². The lowest BCUT2D eigenvalue weighted by molar-refractivity contribution is -0.871. The SMILES string of the molecule is C=C(C)[C@@H]1CC[C@]2(CO)CC[C@]3(C)[C@H](CCC4[C@@]5(C)CC[C@H]([N+]6(C(=O)[O-])C=CN=N6)C(C)(C)[C@@H]5CC[C@]43C)[C@@H]12. The zero-order chi connectivity index (χ0) is 28.2. The molecule has 0 aromatic rings. The number of carboxylic acid groups (broad SMARTS) is 1. The van der Waals surface area contributed by atoms with E-state index in [-0.39, 0.29) is 33.1 Å². The molecular formula is C33H51N3O3. The molecule has 5 saturated carbocycles. The number of aliphatic hydroxyl groups excluding tert-OH is 1. The van der Waals surface area contributed by atoms with E-state index >= 15 is 0 Å². The number of amides is 1. The average Bonchev–Trinajstić information content (AvgIpc) is 3.51. The van der Waals surface area contributed by atoms with Crippen molar-refractivity contribution in [3.05, 3.63) is 24.6 Å². The molecule has 0 saturated heterocycles. The molecule has 2 unspecified atom stereocenters. The Bertz CT molecular complexity index is 1120. The summed E-state index contributed by atoms with van der Waals surface area (Å²) in [6.07, 6.45) is 13.3. The zero-order valence-corrected chi connectivity index (χ0v) is 25.2. The van der Waals surface area contributed by atoms with Crippen molar-refractivity contribution in [3.8, 4) is 0 Å². The molecule has 6 heteroatoms. The summed E-state index contributed by atoms with van der Waals surface area (Å²) in [4.78, 5) is 12.5. The Kier molecular flexibility index (Phi) is 6.02. The van der Waals surface area contributed by atoms with Crippen molar-refractivity contribution in [2.45, 2.75) is 112 Å². The van der Waals surface area contributed by atoms with Crippen LogP contribution in [0.4, 0.5) is 4.79 Å². The minimum Gasteiger partial charge on any atom is -0.496 e. The van der Waals surface area contributed by atoms with Crippen LogP contribution < -0.4 is 5.11 Å². The first-order chi connectivity index (χ1) is 18.2. The number of fused-ring (bicyclic) bond motifs is 7. The number of hydrogen-bond acceptors (Lipinski definition) is 5. The van der Waals surface area contributed by atoms with E-state index in [9.17, 15) is 15.0 Å². The lowest BCUT2D eigenvalue weighted by Crippen LogP contribution is -2.70. The Morgan fingerprint density at radius 3 is 2.33 bits per heavy atom. The zero-order valence-electron chi connectivity index (χ0n) is 25.2. The van der Waals surface area contributed by atoms with E-state index < -0.39 is 10.7 Å². The van der Waals surface area contributed by atoms with Gasteiger partial charge >= 0.3 is 0 Å². The summed E-state index contributed by atoms with van der Waals surface area (Å²) in [5.41, 5.74) is 1.83. The minimum absolute atomic E-state index is 0.0819. The van der Waals surface area contributed by atoms with Crippen molar-refractivity contribution in [1.29, 1.82) is 0 Å². The van der Waals surface area contributed by atoms with Crippen molar-refractivity contribution in [3.63, 3.8) is 0 Å². The van der Waals surface area contributed by atoms with Gasteiger partial charge in [-0.2, -0.15) is 0 Å². The molecule has 0 bridgehead atoms. The Morgan fingerprint density at radius 2 is 1.72 bits per heavy atom. The number of nitrogens with zero attached hydrogens (tertiary/aromatic N) is 3. The van der Waals surface area contributed by atoms with Gasteiger partial charge < -0.3 is 15.0 Å². The van der Waals surface area contributed by atoms with Crippen LogP contribution in [0.1, 0.15) is 106 Å². The Balaban J connectivity index is 1.36. The van der Waals surface area contributed by atoms with Crippen LogP contribution in [0.15, 0.2) is 34.9 Å². The lowest BCUT2D eigenvalue weighted by Gasteiger charge is -2.73. The van der Waals surface area contributed by atoms with Crippen LogP contribution in [0, 0.1) is 56.7 Å². The van der Waals surface area contributed by atoms with E-state index in [1.54, 1.807) is 6.20 Å². The van der Waals surface area contributed by atoms with Gasteiger partial charge in [-0.15, -0.1) is 9.71 Å². The van der Waals surface area contributed by atoms with Crippen LogP contribution in [-0.2, 0) is 0 Å². The molecule has 1 amide bonds. The van der Waals surface area contributed by atoms with Gasteiger partial charge in [0.25, 0.3) is 6.09 Å². The normalized spacial score (nSPS) is 53.4. The van der Waals surface area contributed by atoms with Crippen molar-refractivity contribution >= 4 is 6.09 Å². The smallest absolute Gasteiger partial charge is 0.292 e. The molecule has 216 valence electrons. The van der Waals surface area contributed by atoms with Crippen LogP contribution >= 0.6 is 0 Å². The molecule has 0 spiro atoms. The molecule has 6 nitrogen and oxygen atoms in total. The molecule has 1 N–H and O–H groups in total. The van der Waals surface area contributed by atoms with Crippen LogP contribution in [-0.4, -0.2) is 28.4 Å². The second-order valence-corrected chi connectivity index (χ2v) is 16.1. The number of carbonyl (C=O) groups is 1. The predicted molar refractivity (Wildman–Crippen MR) is 149 cm³/mol. The van der Waals surface area contributed by atoms with Gasteiger partial charge in [0.1, 0.15) is 12.2 Å². The fourth-order valence-corrected chi connectivity index (χ4v) is 12.9. The summed E-state index contributed by atoms with van der Waals surface area (Å²) >= 11 is 0. The van der Waals surface area contributed by atoms with Gasteiger partial charge in [-0.25, -0.2) is 0 Å². The maximum atomic E-state index is 12.5. The third kappa shape index (κ3) is 3.25. The molecule has 39 heavy (non-hydrogen) atoms. The molecule has 5 fully saturated rings. The highest BCUT2D eigenvalue weighted by atomic mass is 16.4. The summed E-state index contributed by atoms with van der Waals surface area (Å²) in [5.74, 6) is 2.76. The largest absolute Gasteiger partial charge is 0.496 e. The number of rotatable bonds is 3. The van der Waals surface area contributed by atoms with E-state index in [2.05, 4.69) is 58.5 Å². The van der Waals surface area contributed by atoms with Crippen LogP contribution in [0.3, 0.4) is 0 Å².